The lowest BCUT2D eigenvalue weighted by molar-refractivity contribution is -0.671. The summed E-state index contributed by atoms with van der Waals surface area (Å²) in [5.74, 6) is -1.07. The molecule has 0 fully saturated rings. The molecular formula is C17H23N2O4+. The average molecular weight is 319 g/mol. The predicted octanol–water partition coefficient (Wildman–Crippen LogP) is 1.80. The molecule has 0 saturated heterocycles. The number of carbonyl (C=O) groups excluding carboxylic acids is 2. The zero-order valence-electron chi connectivity index (χ0n) is 12.6. The first-order valence-electron chi connectivity index (χ1n) is 7.02. The highest BCUT2D eigenvalue weighted by Gasteiger charge is 2.27. The van der Waals surface area contributed by atoms with Gasteiger partial charge in [-0.2, -0.15) is 0 Å². The zero-order chi connectivity index (χ0) is 15.9. The molecule has 1 aromatic heterocycles. The molecule has 124 valence electrons. The van der Waals surface area contributed by atoms with Crippen molar-refractivity contribution in [1.29, 1.82) is 0 Å². The Morgan fingerprint density at radius 2 is 1.96 bits per heavy atom. The summed E-state index contributed by atoms with van der Waals surface area (Å²) in [4.78, 5) is 24.1. The molecule has 1 heterocycles. The van der Waals surface area contributed by atoms with Crippen LogP contribution in [0.15, 0.2) is 49.1 Å². The Morgan fingerprint density at radius 3 is 2.52 bits per heavy atom. The van der Waals surface area contributed by atoms with Gasteiger partial charge in [0, 0.05) is 5.56 Å². The molecule has 0 radical (unpaired) electrons. The SMILES string of the molecule is C.CCOC(=O)C(OC(=O)Cn1cc[n+](C)c1)c1ccccc1. The van der Waals surface area contributed by atoms with Gasteiger partial charge >= 0.3 is 11.9 Å². The van der Waals surface area contributed by atoms with E-state index >= 15 is 0 Å². The highest BCUT2D eigenvalue weighted by Crippen LogP contribution is 2.19. The number of rotatable bonds is 6. The summed E-state index contributed by atoms with van der Waals surface area (Å²) >= 11 is 0. The van der Waals surface area contributed by atoms with Crippen molar-refractivity contribution < 1.29 is 23.6 Å². The van der Waals surface area contributed by atoms with Crippen LogP contribution in [-0.2, 0) is 32.7 Å². The summed E-state index contributed by atoms with van der Waals surface area (Å²) in [7, 11) is 1.85. The van der Waals surface area contributed by atoms with Crippen LogP contribution >= 0.6 is 0 Å². The largest absolute Gasteiger partial charge is 0.463 e. The normalized spacial score (nSPS) is 11.2. The summed E-state index contributed by atoms with van der Waals surface area (Å²) < 4.78 is 13.8. The Labute approximate surface area is 136 Å². The second-order valence-corrected chi connectivity index (χ2v) is 4.78. The van der Waals surface area contributed by atoms with Crippen molar-refractivity contribution in [1.82, 2.24) is 4.57 Å². The first-order chi connectivity index (χ1) is 10.6. The lowest BCUT2D eigenvalue weighted by Crippen LogP contribution is -2.26. The van der Waals surface area contributed by atoms with E-state index in [-0.39, 0.29) is 20.6 Å². The molecule has 1 aromatic carbocycles. The molecule has 0 aliphatic carbocycles. The maximum Gasteiger partial charge on any atom is 0.352 e. The van der Waals surface area contributed by atoms with Crippen molar-refractivity contribution in [2.24, 2.45) is 7.05 Å². The first-order valence-corrected chi connectivity index (χ1v) is 7.02. The molecule has 23 heavy (non-hydrogen) atoms. The lowest BCUT2D eigenvalue weighted by atomic mass is 10.1. The number of aryl methyl sites for hydroxylation is 1. The van der Waals surface area contributed by atoms with Gasteiger partial charge in [-0.05, 0) is 6.92 Å². The summed E-state index contributed by atoms with van der Waals surface area (Å²) in [6.45, 7) is 1.97. The van der Waals surface area contributed by atoms with Crippen molar-refractivity contribution in [2.45, 2.75) is 27.0 Å². The van der Waals surface area contributed by atoms with Crippen LogP contribution in [0.5, 0.6) is 0 Å². The fourth-order valence-electron chi connectivity index (χ4n) is 2.01. The topological polar surface area (TPSA) is 61.4 Å². The fraction of sp³-hybridized carbons (Fsp3) is 0.353. The molecule has 0 aliphatic heterocycles. The number of benzene rings is 1. The van der Waals surface area contributed by atoms with Gasteiger partial charge in [-0.25, -0.2) is 18.7 Å². The van der Waals surface area contributed by atoms with Crippen LogP contribution in [0.3, 0.4) is 0 Å². The third-order valence-electron chi connectivity index (χ3n) is 2.99. The van der Waals surface area contributed by atoms with Gasteiger partial charge in [-0.3, -0.25) is 0 Å². The number of carbonyl (C=O) groups is 2. The van der Waals surface area contributed by atoms with Crippen LogP contribution in [0.1, 0.15) is 26.0 Å². The fourth-order valence-corrected chi connectivity index (χ4v) is 2.01. The Hall–Kier alpha value is -2.63. The molecule has 0 aliphatic rings. The van der Waals surface area contributed by atoms with E-state index in [1.165, 1.54) is 0 Å². The molecular weight excluding hydrogens is 296 g/mol. The number of esters is 2. The molecule has 1 atom stereocenters. The third-order valence-corrected chi connectivity index (χ3v) is 2.99. The van der Waals surface area contributed by atoms with Gasteiger partial charge in [0.1, 0.15) is 12.4 Å². The molecule has 0 bridgehead atoms. The Balaban J connectivity index is 0.00000264. The quantitative estimate of drug-likeness (QED) is 0.602. The molecule has 0 amide bonds. The molecule has 2 aromatic rings. The Kier molecular flexibility index (Phi) is 6.99. The summed E-state index contributed by atoms with van der Waals surface area (Å²) in [6.07, 6.45) is 4.28. The smallest absolute Gasteiger partial charge is 0.352 e. The minimum atomic E-state index is -1.04. The number of imidazole rings is 1. The van der Waals surface area contributed by atoms with E-state index in [0.29, 0.717) is 5.56 Å². The number of hydrogen-bond donors (Lipinski definition) is 0. The second kappa shape index (κ2) is 8.73. The van der Waals surface area contributed by atoms with Crippen LogP contribution in [0.2, 0.25) is 0 Å². The van der Waals surface area contributed by atoms with Crippen molar-refractivity contribution >= 4 is 11.9 Å². The number of nitrogens with zero attached hydrogens (tertiary/aromatic N) is 2. The van der Waals surface area contributed by atoms with Crippen LogP contribution in [0.25, 0.3) is 0 Å². The number of aromatic nitrogens is 2. The van der Waals surface area contributed by atoms with Crippen LogP contribution in [0.4, 0.5) is 0 Å². The highest BCUT2D eigenvalue weighted by atomic mass is 16.6. The zero-order valence-corrected chi connectivity index (χ0v) is 12.6. The molecule has 6 nitrogen and oxygen atoms in total. The van der Waals surface area contributed by atoms with Gasteiger partial charge in [-0.1, -0.05) is 37.8 Å². The van der Waals surface area contributed by atoms with Crippen molar-refractivity contribution in [3.05, 3.63) is 54.6 Å². The van der Waals surface area contributed by atoms with Gasteiger partial charge < -0.3 is 9.47 Å². The van der Waals surface area contributed by atoms with E-state index in [1.807, 2.05) is 23.9 Å². The molecule has 0 N–H and O–H groups in total. The van der Waals surface area contributed by atoms with E-state index < -0.39 is 18.0 Å². The molecule has 1 unspecified atom stereocenters. The van der Waals surface area contributed by atoms with Crippen molar-refractivity contribution in [3.63, 3.8) is 0 Å². The van der Waals surface area contributed by atoms with Crippen molar-refractivity contribution in [2.75, 3.05) is 6.61 Å². The number of ether oxygens (including phenoxy) is 2. The molecule has 2 rings (SSSR count). The average Bonchev–Trinajstić information content (AvgIpc) is 2.91. The van der Waals surface area contributed by atoms with Gasteiger partial charge in [0.25, 0.3) is 0 Å². The molecule has 0 spiro atoms. The minimum absolute atomic E-state index is 0. The molecule has 0 saturated carbocycles. The van der Waals surface area contributed by atoms with E-state index in [4.69, 9.17) is 9.47 Å². The van der Waals surface area contributed by atoms with E-state index in [9.17, 15) is 9.59 Å². The molecule has 6 heteroatoms. The van der Waals surface area contributed by atoms with Gasteiger partial charge in [0.15, 0.2) is 6.54 Å². The van der Waals surface area contributed by atoms with Gasteiger partial charge in [0.05, 0.1) is 13.7 Å². The second-order valence-electron chi connectivity index (χ2n) is 4.78. The summed E-state index contributed by atoms with van der Waals surface area (Å²) in [5.41, 5.74) is 0.590. The van der Waals surface area contributed by atoms with Gasteiger partial charge in [0.2, 0.25) is 12.4 Å². The lowest BCUT2D eigenvalue weighted by Gasteiger charge is -2.16. The summed E-state index contributed by atoms with van der Waals surface area (Å²) in [5, 5.41) is 0. The predicted molar refractivity (Wildman–Crippen MR) is 84.2 cm³/mol. The van der Waals surface area contributed by atoms with E-state index in [1.54, 1.807) is 48.3 Å². The maximum atomic E-state index is 12.1. The third kappa shape index (κ3) is 5.25. The van der Waals surface area contributed by atoms with Crippen LogP contribution < -0.4 is 4.57 Å². The Bertz CT molecular complexity index is 637. The number of hydrogen-bond acceptors (Lipinski definition) is 4. The van der Waals surface area contributed by atoms with E-state index in [0.717, 1.165) is 0 Å². The highest BCUT2D eigenvalue weighted by molar-refractivity contribution is 5.80. The van der Waals surface area contributed by atoms with Gasteiger partial charge in [-0.15, -0.1) is 0 Å². The van der Waals surface area contributed by atoms with Crippen LogP contribution in [-0.4, -0.2) is 23.1 Å². The maximum absolute atomic E-state index is 12.1. The van der Waals surface area contributed by atoms with Crippen LogP contribution in [0, 0.1) is 0 Å². The van der Waals surface area contributed by atoms with E-state index in [2.05, 4.69) is 0 Å². The minimum Gasteiger partial charge on any atom is -0.463 e. The monoisotopic (exact) mass is 319 g/mol. The Morgan fingerprint density at radius 1 is 1.26 bits per heavy atom. The summed E-state index contributed by atoms with van der Waals surface area (Å²) in [6, 6.07) is 8.84. The standard InChI is InChI=1S/C16H19N2O4.CH4/c1-3-21-16(20)15(13-7-5-4-6-8-13)22-14(19)11-18-10-9-17(2)12-18;/h4-10,12,15H,3,11H2,1-2H3;1H4/q+1;. The first kappa shape index (κ1) is 18.4. The van der Waals surface area contributed by atoms with Crippen molar-refractivity contribution in [3.8, 4) is 0 Å².